The van der Waals surface area contributed by atoms with Crippen LogP contribution in [0.4, 0.5) is 5.13 Å². The molecule has 4 aromatic rings. The Kier molecular flexibility index (Phi) is 8.04. The molecule has 1 amide bonds. The van der Waals surface area contributed by atoms with Crippen LogP contribution in [0.5, 0.6) is 17.2 Å². The molecule has 0 unspecified atom stereocenters. The largest absolute Gasteiger partial charge is 0.493 e. The number of halogens is 1. The van der Waals surface area contributed by atoms with Crippen LogP contribution in [0.15, 0.2) is 59.6 Å². The number of hydrogen-bond donors (Lipinski definition) is 0. The van der Waals surface area contributed by atoms with Gasteiger partial charge in [-0.3, -0.25) is 9.69 Å². The van der Waals surface area contributed by atoms with Crippen molar-refractivity contribution in [2.75, 3.05) is 32.8 Å². The average Bonchev–Trinajstić information content (AvgIpc) is 3.53. The Hall–Kier alpha value is -3.37. The van der Waals surface area contributed by atoms with Gasteiger partial charge < -0.3 is 18.8 Å². The van der Waals surface area contributed by atoms with Gasteiger partial charge >= 0.3 is 0 Å². The molecule has 0 atom stereocenters. The van der Waals surface area contributed by atoms with Gasteiger partial charge in [-0.25, -0.2) is 9.97 Å². The van der Waals surface area contributed by atoms with Crippen LogP contribution in [0.2, 0.25) is 0 Å². The van der Waals surface area contributed by atoms with E-state index < -0.39 is 0 Å². The lowest BCUT2D eigenvalue weighted by Crippen LogP contribution is -2.30. The number of ether oxygens (including phenoxy) is 3. The molecule has 0 spiro atoms. The first-order valence-electron chi connectivity index (χ1n) is 10.8. The molecule has 0 aliphatic heterocycles. The van der Waals surface area contributed by atoms with Gasteiger partial charge in [0.1, 0.15) is 0 Å². The summed E-state index contributed by atoms with van der Waals surface area (Å²) in [7, 11) is 4.67. The molecule has 2 aromatic heterocycles. The molecule has 35 heavy (non-hydrogen) atoms. The summed E-state index contributed by atoms with van der Waals surface area (Å²) in [5.41, 5.74) is 1.61. The Morgan fingerprint density at radius 1 is 1.14 bits per heavy atom. The Balaban J connectivity index is 1.60. The number of aromatic nitrogens is 3. The first kappa shape index (κ1) is 24.7. The lowest BCUT2D eigenvalue weighted by Gasteiger charge is -2.18. The van der Waals surface area contributed by atoms with E-state index >= 15 is 0 Å². The summed E-state index contributed by atoms with van der Waals surface area (Å²) in [6.07, 6.45) is 9.45. The molecule has 182 valence electrons. The van der Waals surface area contributed by atoms with Crippen LogP contribution in [0.3, 0.4) is 0 Å². The Labute approximate surface area is 215 Å². The number of hydrogen-bond acceptors (Lipinski definition) is 7. The fourth-order valence-corrected chi connectivity index (χ4v) is 5.14. The third-order valence-corrected chi connectivity index (χ3v) is 6.83. The van der Waals surface area contributed by atoms with Crippen LogP contribution < -0.4 is 19.1 Å². The second-order valence-electron chi connectivity index (χ2n) is 7.54. The maximum Gasteiger partial charge on any atom is 0.252 e. The second-order valence-corrected chi connectivity index (χ2v) is 9.47. The monoisotopic (exact) mass is 556 g/mol. The van der Waals surface area contributed by atoms with Gasteiger partial charge in [0, 0.05) is 36.0 Å². The van der Waals surface area contributed by atoms with Crippen LogP contribution >= 0.6 is 27.3 Å². The zero-order chi connectivity index (χ0) is 24.8. The highest BCUT2D eigenvalue weighted by Crippen LogP contribution is 2.38. The van der Waals surface area contributed by atoms with Crippen LogP contribution in [0.1, 0.15) is 12.0 Å². The van der Waals surface area contributed by atoms with E-state index in [9.17, 15) is 4.79 Å². The number of rotatable bonds is 10. The van der Waals surface area contributed by atoms with Crippen LogP contribution in [-0.2, 0) is 11.3 Å². The van der Waals surface area contributed by atoms with Crippen molar-refractivity contribution >= 4 is 54.6 Å². The number of carbonyl (C=O) groups excluding carboxylic acids is 1. The van der Waals surface area contributed by atoms with E-state index in [0.717, 1.165) is 33.2 Å². The van der Waals surface area contributed by atoms with Crippen molar-refractivity contribution in [2.45, 2.75) is 13.0 Å². The molecule has 2 heterocycles. The van der Waals surface area contributed by atoms with Gasteiger partial charge in [0.25, 0.3) is 5.91 Å². The Morgan fingerprint density at radius 3 is 2.57 bits per heavy atom. The zero-order valence-corrected chi connectivity index (χ0v) is 22.0. The van der Waals surface area contributed by atoms with Gasteiger partial charge in [-0.05, 0) is 48.4 Å². The summed E-state index contributed by atoms with van der Waals surface area (Å²) < 4.78 is 20.2. The zero-order valence-electron chi connectivity index (χ0n) is 19.6. The molecule has 8 nitrogen and oxygen atoms in total. The number of carbonyl (C=O) groups is 1. The lowest BCUT2D eigenvalue weighted by atomic mass is 10.1. The van der Waals surface area contributed by atoms with Crippen LogP contribution in [0.25, 0.3) is 16.3 Å². The van der Waals surface area contributed by atoms with Gasteiger partial charge in [-0.2, -0.15) is 0 Å². The summed E-state index contributed by atoms with van der Waals surface area (Å²) in [6.45, 7) is 1.26. The lowest BCUT2D eigenvalue weighted by molar-refractivity contribution is -0.114. The van der Waals surface area contributed by atoms with Gasteiger partial charge in [0.05, 0.1) is 37.9 Å². The van der Waals surface area contributed by atoms with Gasteiger partial charge in [-0.1, -0.05) is 27.3 Å². The van der Waals surface area contributed by atoms with Crippen molar-refractivity contribution in [1.29, 1.82) is 0 Å². The SMILES string of the molecule is COc1cc(/C=C/C(=O)N(CCCn2ccnc2)c2nc3ccc(Br)cc3s2)cc(OC)c1OC. The molecule has 0 aliphatic rings. The van der Waals surface area contributed by atoms with E-state index in [4.69, 9.17) is 19.2 Å². The predicted molar refractivity (Wildman–Crippen MR) is 142 cm³/mol. The minimum absolute atomic E-state index is 0.164. The maximum absolute atomic E-state index is 13.4. The third kappa shape index (κ3) is 5.83. The highest BCUT2D eigenvalue weighted by atomic mass is 79.9. The van der Waals surface area contributed by atoms with E-state index in [2.05, 4.69) is 20.9 Å². The van der Waals surface area contributed by atoms with Gasteiger partial charge in [0.2, 0.25) is 5.75 Å². The quantitative estimate of drug-likeness (QED) is 0.243. The fraction of sp³-hybridized carbons (Fsp3) is 0.240. The van der Waals surface area contributed by atoms with Gasteiger partial charge in [-0.15, -0.1) is 0 Å². The first-order chi connectivity index (χ1) is 17.0. The number of methoxy groups -OCH3 is 3. The molecule has 0 saturated carbocycles. The average molecular weight is 557 g/mol. The molecule has 2 aromatic carbocycles. The minimum atomic E-state index is -0.164. The smallest absolute Gasteiger partial charge is 0.252 e. The van der Waals surface area contributed by atoms with Crippen molar-refractivity contribution in [3.63, 3.8) is 0 Å². The van der Waals surface area contributed by atoms with Crippen molar-refractivity contribution < 1.29 is 19.0 Å². The van der Waals surface area contributed by atoms with Crippen molar-refractivity contribution in [3.8, 4) is 17.2 Å². The van der Waals surface area contributed by atoms with Crippen molar-refractivity contribution in [2.24, 2.45) is 0 Å². The molecular formula is C25H25BrN4O4S. The van der Waals surface area contributed by atoms with E-state index in [1.54, 1.807) is 63.0 Å². The highest BCUT2D eigenvalue weighted by molar-refractivity contribution is 9.10. The molecule has 0 aliphatic carbocycles. The second kappa shape index (κ2) is 11.4. The summed E-state index contributed by atoms with van der Waals surface area (Å²) in [6, 6.07) is 9.49. The predicted octanol–water partition coefficient (Wildman–Crippen LogP) is 5.42. The standard InChI is InChI=1S/C25H25BrN4O4S/c1-32-20-13-17(14-21(33-2)24(20)34-3)5-8-23(31)30(11-4-10-29-12-9-27-16-29)25-28-19-7-6-18(26)15-22(19)35-25/h5-9,12-16H,4,10-11H2,1-3H3/b8-5+. The number of anilines is 1. The molecule has 0 radical (unpaired) electrons. The minimum Gasteiger partial charge on any atom is -0.493 e. The molecular weight excluding hydrogens is 532 g/mol. The summed E-state index contributed by atoms with van der Waals surface area (Å²) >= 11 is 4.99. The summed E-state index contributed by atoms with van der Waals surface area (Å²) in [5.74, 6) is 1.38. The fourth-order valence-electron chi connectivity index (χ4n) is 3.59. The number of amides is 1. The molecule has 0 bridgehead atoms. The van der Waals surface area contributed by atoms with Crippen LogP contribution in [0, 0.1) is 0 Å². The number of thiazole rings is 1. The van der Waals surface area contributed by atoms with Gasteiger partial charge in [0.15, 0.2) is 16.6 Å². The Morgan fingerprint density at radius 2 is 1.91 bits per heavy atom. The van der Waals surface area contributed by atoms with Crippen molar-refractivity contribution in [1.82, 2.24) is 14.5 Å². The molecule has 0 N–H and O–H groups in total. The normalized spacial score (nSPS) is 11.2. The molecule has 10 heteroatoms. The van der Waals surface area contributed by atoms with E-state index in [1.165, 1.54) is 11.3 Å². The molecule has 4 rings (SSSR count). The number of imidazole rings is 1. The van der Waals surface area contributed by atoms with E-state index in [1.807, 2.05) is 29.0 Å². The summed E-state index contributed by atoms with van der Waals surface area (Å²) in [4.78, 5) is 23.9. The number of benzene rings is 2. The topological polar surface area (TPSA) is 78.7 Å². The number of fused-ring (bicyclic) bond motifs is 1. The molecule has 0 fully saturated rings. The highest BCUT2D eigenvalue weighted by Gasteiger charge is 2.18. The third-order valence-electron chi connectivity index (χ3n) is 5.30. The van der Waals surface area contributed by atoms with Crippen molar-refractivity contribution in [3.05, 3.63) is 65.2 Å². The summed E-state index contributed by atoms with van der Waals surface area (Å²) in [5, 5.41) is 0.656. The first-order valence-corrected chi connectivity index (χ1v) is 12.4. The van der Waals surface area contributed by atoms with E-state index in [0.29, 0.717) is 28.9 Å². The maximum atomic E-state index is 13.4. The number of aryl methyl sites for hydroxylation is 1. The van der Waals surface area contributed by atoms with E-state index in [-0.39, 0.29) is 5.91 Å². The van der Waals surface area contributed by atoms with Crippen LogP contribution in [-0.4, -0.2) is 48.3 Å². The number of nitrogens with zero attached hydrogens (tertiary/aromatic N) is 4. The Bertz CT molecular complexity index is 1310. The molecule has 0 saturated heterocycles.